The number of anilines is 3. The molecule has 0 aliphatic heterocycles. The van der Waals surface area contributed by atoms with Crippen LogP contribution in [0.5, 0.6) is 5.75 Å². The van der Waals surface area contributed by atoms with E-state index >= 15 is 0 Å². The number of carboxylic acids is 1. The minimum Gasteiger partial charge on any atom is -0.496 e. The van der Waals surface area contributed by atoms with Gasteiger partial charge in [-0.25, -0.2) is 27.3 Å². The quantitative estimate of drug-likeness (QED) is 0.301. The zero-order valence-electron chi connectivity index (χ0n) is 15.8. The number of carboxylic acid groups (broad SMARTS) is 1. The lowest BCUT2D eigenvalue weighted by Crippen LogP contribution is -2.11. The number of carbonyl (C=O) groups is 1. The molecule has 162 valence electrons. The van der Waals surface area contributed by atoms with Gasteiger partial charge in [-0.3, -0.25) is 0 Å². The summed E-state index contributed by atoms with van der Waals surface area (Å²) in [7, 11) is 1.34. The molecule has 4 N–H and O–H groups in total. The van der Waals surface area contributed by atoms with Crippen LogP contribution < -0.4 is 15.8 Å². The average molecular weight is 547 g/mol. The van der Waals surface area contributed by atoms with Gasteiger partial charge < -0.3 is 20.9 Å². The van der Waals surface area contributed by atoms with Crippen molar-refractivity contribution in [2.24, 2.45) is 0 Å². The van der Waals surface area contributed by atoms with Crippen LogP contribution in [-0.4, -0.2) is 23.2 Å². The van der Waals surface area contributed by atoms with Gasteiger partial charge in [0.15, 0.2) is 23.3 Å². The molecule has 3 rings (SSSR count). The lowest BCUT2D eigenvalue weighted by Gasteiger charge is -2.16. The summed E-state index contributed by atoms with van der Waals surface area (Å²) in [6, 6.07) is 4.33. The number of nitrogens with two attached hydrogens (primary N) is 1. The monoisotopic (exact) mass is 547 g/mol. The Morgan fingerprint density at radius 1 is 1.16 bits per heavy atom. The van der Waals surface area contributed by atoms with E-state index in [9.17, 15) is 27.5 Å². The van der Waals surface area contributed by atoms with Crippen LogP contribution in [0.1, 0.15) is 21.5 Å². The molecule has 0 fully saturated rings. The number of methoxy groups -OCH3 is 1. The van der Waals surface area contributed by atoms with Crippen LogP contribution in [0.25, 0.3) is 0 Å². The maximum atomic E-state index is 14.9. The van der Waals surface area contributed by atoms with Gasteiger partial charge in [0.25, 0.3) is 0 Å². The zero-order valence-corrected chi connectivity index (χ0v) is 17.9. The van der Waals surface area contributed by atoms with Crippen molar-refractivity contribution < 1.29 is 32.2 Å². The Labute approximate surface area is 187 Å². The SMILES string of the molecule is COc1cc(Nc2c(C(=O)O)cc(Cc3ccnc(N)c3F)c(F)c2F)c(F)cc1I. The number of aromatic nitrogens is 1. The van der Waals surface area contributed by atoms with E-state index in [2.05, 4.69) is 10.3 Å². The van der Waals surface area contributed by atoms with Crippen LogP contribution in [0.4, 0.5) is 34.8 Å². The average Bonchev–Trinajstić information content (AvgIpc) is 2.72. The van der Waals surface area contributed by atoms with Crippen LogP contribution in [0.3, 0.4) is 0 Å². The molecule has 0 radical (unpaired) electrons. The third kappa shape index (κ3) is 4.50. The fraction of sp³-hybridized carbons (Fsp3) is 0.100. The van der Waals surface area contributed by atoms with Gasteiger partial charge in [-0.15, -0.1) is 0 Å². The third-order valence-corrected chi connectivity index (χ3v) is 5.23. The second-order valence-electron chi connectivity index (χ2n) is 6.33. The van der Waals surface area contributed by atoms with Crippen LogP contribution in [-0.2, 0) is 6.42 Å². The van der Waals surface area contributed by atoms with E-state index < -0.39 is 58.3 Å². The molecular formula is C20H14F4IN3O3. The number of hydrogen-bond donors (Lipinski definition) is 3. The van der Waals surface area contributed by atoms with Crippen LogP contribution in [0, 0.1) is 26.8 Å². The fourth-order valence-corrected chi connectivity index (χ4v) is 3.51. The number of halogens is 5. The van der Waals surface area contributed by atoms with Crippen molar-refractivity contribution >= 4 is 45.8 Å². The smallest absolute Gasteiger partial charge is 0.337 e. The molecule has 0 amide bonds. The number of hydrogen-bond acceptors (Lipinski definition) is 5. The van der Waals surface area contributed by atoms with Crippen LogP contribution in [0.15, 0.2) is 30.5 Å². The van der Waals surface area contributed by atoms with Gasteiger partial charge in [-0.2, -0.15) is 0 Å². The standard InChI is InChI=1S/C20H14F4IN3O3/c1-31-14-7-13(11(21)6-12(14)25)28-18-10(20(29)30)5-9(15(22)17(18)24)4-8-2-3-27-19(26)16(8)23/h2-3,5-7,28H,4H2,1H3,(H2,26,27)(H,29,30). The minimum absolute atomic E-state index is 0.101. The Hall–Kier alpha value is -3.09. The van der Waals surface area contributed by atoms with Gasteiger partial charge in [0.2, 0.25) is 0 Å². The van der Waals surface area contributed by atoms with Gasteiger partial charge in [0, 0.05) is 18.7 Å². The topological polar surface area (TPSA) is 97.5 Å². The van der Waals surface area contributed by atoms with Crippen molar-refractivity contribution in [3.8, 4) is 5.75 Å². The molecule has 6 nitrogen and oxygen atoms in total. The second-order valence-corrected chi connectivity index (χ2v) is 7.49. The summed E-state index contributed by atoms with van der Waals surface area (Å²) in [5, 5.41) is 11.8. The second kappa shape index (κ2) is 8.96. The largest absolute Gasteiger partial charge is 0.496 e. The molecule has 0 saturated carbocycles. The normalized spacial score (nSPS) is 10.8. The molecule has 2 aromatic carbocycles. The zero-order chi connectivity index (χ0) is 22.9. The van der Waals surface area contributed by atoms with E-state index in [-0.39, 0.29) is 17.0 Å². The van der Waals surface area contributed by atoms with E-state index in [4.69, 9.17) is 10.5 Å². The number of nitrogens with zero attached hydrogens (tertiary/aromatic N) is 1. The summed E-state index contributed by atoms with van der Waals surface area (Å²) < 4.78 is 63.5. The van der Waals surface area contributed by atoms with Crippen LogP contribution >= 0.6 is 22.6 Å². The maximum absolute atomic E-state index is 14.9. The van der Waals surface area contributed by atoms with E-state index in [0.29, 0.717) is 3.57 Å². The van der Waals surface area contributed by atoms with Gasteiger partial charge in [0.05, 0.1) is 27.6 Å². The predicted octanol–water partition coefficient (Wildman–Crippen LogP) is 4.87. The van der Waals surface area contributed by atoms with Gasteiger partial charge in [-0.1, -0.05) is 0 Å². The fourth-order valence-electron chi connectivity index (χ4n) is 2.86. The highest BCUT2D eigenvalue weighted by atomic mass is 127. The number of ether oxygens (including phenoxy) is 1. The first-order valence-electron chi connectivity index (χ1n) is 8.57. The molecule has 0 aliphatic carbocycles. The molecule has 0 aliphatic rings. The summed E-state index contributed by atoms with van der Waals surface area (Å²) in [6.07, 6.45) is 0.705. The number of pyridine rings is 1. The first-order valence-corrected chi connectivity index (χ1v) is 9.65. The first kappa shape index (κ1) is 22.6. The first-order chi connectivity index (χ1) is 14.6. The van der Waals surface area contributed by atoms with E-state index in [0.717, 1.165) is 12.1 Å². The Kier molecular flexibility index (Phi) is 6.53. The number of nitrogens with one attached hydrogen (secondary N) is 1. The third-order valence-electron chi connectivity index (χ3n) is 4.39. The van der Waals surface area contributed by atoms with Gasteiger partial charge in [-0.05, 0) is 51.9 Å². The number of benzene rings is 2. The predicted molar refractivity (Wildman–Crippen MR) is 114 cm³/mol. The van der Waals surface area contributed by atoms with Gasteiger partial charge >= 0.3 is 5.97 Å². The molecule has 0 atom stereocenters. The number of nitrogen functional groups attached to an aromatic ring is 1. The lowest BCUT2D eigenvalue weighted by molar-refractivity contribution is 0.0697. The van der Waals surface area contributed by atoms with Crippen molar-refractivity contribution in [3.05, 3.63) is 74.0 Å². The van der Waals surface area contributed by atoms with E-state index in [1.807, 2.05) is 22.6 Å². The van der Waals surface area contributed by atoms with E-state index in [1.54, 1.807) is 0 Å². The van der Waals surface area contributed by atoms with Crippen LogP contribution in [0.2, 0.25) is 0 Å². The maximum Gasteiger partial charge on any atom is 0.337 e. The molecule has 0 saturated heterocycles. The lowest BCUT2D eigenvalue weighted by atomic mass is 10.00. The highest BCUT2D eigenvalue weighted by Gasteiger charge is 2.24. The Morgan fingerprint density at radius 3 is 2.52 bits per heavy atom. The summed E-state index contributed by atoms with van der Waals surface area (Å²) >= 11 is 1.82. The van der Waals surface area contributed by atoms with Crippen molar-refractivity contribution in [1.29, 1.82) is 0 Å². The molecule has 3 aromatic rings. The van der Waals surface area contributed by atoms with Crippen molar-refractivity contribution in [3.63, 3.8) is 0 Å². The summed E-state index contributed by atoms with van der Waals surface area (Å²) in [4.78, 5) is 15.3. The molecular weight excluding hydrogens is 533 g/mol. The van der Waals surface area contributed by atoms with Crippen molar-refractivity contribution in [1.82, 2.24) is 4.98 Å². The molecule has 0 unspecified atom stereocenters. The summed E-state index contributed by atoms with van der Waals surface area (Å²) in [5.41, 5.74) is 3.07. The molecule has 0 bridgehead atoms. The molecule has 31 heavy (non-hydrogen) atoms. The Bertz CT molecular complexity index is 1190. The Morgan fingerprint density at radius 2 is 1.87 bits per heavy atom. The summed E-state index contributed by atoms with van der Waals surface area (Å²) in [5.74, 6) is -6.53. The molecule has 0 spiro atoms. The van der Waals surface area contributed by atoms with Gasteiger partial charge in [0.1, 0.15) is 11.6 Å². The number of rotatable bonds is 6. The molecule has 11 heteroatoms. The minimum atomic E-state index is -1.60. The summed E-state index contributed by atoms with van der Waals surface area (Å²) in [6.45, 7) is 0. The Balaban J connectivity index is 2.10. The highest BCUT2D eigenvalue weighted by Crippen LogP contribution is 2.34. The van der Waals surface area contributed by atoms with E-state index in [1.165, 1.54) is 25.4 Å². The molecule has 1 heterocycles. The van der Waals surface area contributed by atoms with Crippen molar-refractivity contribution in [2.45, 2.75) is 6.42 Å². The molecule has 1 aromatic heterocycles. The highest BCUT2D eigenvalue weighted by molar-refractivity contribution is 14.1. The number of aromatic carboxylic acids is 1. The van der Waals surface area contributed by atoms with Crippen molar-refractivity contribution in [2.75, 3.05) is 18.2 Å².